The number of benzene rings is 1. The molecule has 0 aliphatic heterocycles. The normalized spacial score (nSPS) is 10.7. The second-order valence-electron chi connectivity index (χ2n) is 4.59. The van der Waals surface area contributed by atoms with Gasteiger partial charge in [0.25, 0.3) is 0 Å². The topological polar surface area (TPSA) is 71.5 Å². The lowest BCUT2D eigenvalue weighted by molar-refractivity contribution is 0.0700. The van der Waals surface area contributed by atoms with Crippen LogP contribution in [-0.4, -0.2) is 23.2 Å². The zero-order valence-electron chi connectivity index (χ0n) is 11.8. The molecule has 1 aromatic carbocycles. The van der Waals surface area contributed by atoms with E-state index in [1.165, 1.54) is 19.4 Å². The summed E-state index contributed by atoms with van der Waals surface area (Å²) in [5, 5.41) is 13.1. The number of hydrogen-bond acceptors (Lipinski definition) is 5. The van der Waals surface area contributed by atoms with Crippen molar-refractivity contribution < 1.29 is 19.0 Å². The number of halogens is 2. The molecule has 0 atom stereocenters. The van der Waals surface area contributed by atoms with Crippen molar-refractivity contribution in [1.82, 2.24) is 4.98 Å². The van der Waals surface area contributed by atoms with E-state index in [0.29, 0.717) is 21.0 Å². The van der Waals surface area contributed by atoms with E-state index in [-0.39, 0.29) is 11.3 Å². The molecule has 0 unspecified atom stereocenters. The van der Waals surface area contributed by atoms with Crippen molar-refractivity contribution in [2.24, 2.45) is 0 Å². The number of ether oxygens (including phenoxy) is 1. The fourth-order valence-electron chi connectivity index (χ4n) is 2.09. The van der Waals surface area contributed by atoms with Crippen LogP contribution in [0.25, 0.3) is 10.2 Å². The lowest BCUT2D eigenvalue weighted by atomic mass is 10.2. The van der Waals surface area contributed by atoms with Crippen molar-refractivity contribution in [2.45, 2.75) is 0 Å². The predicted molar refractivity (Wildman–Crippen MR) is 95.5 cm³/mol. The van der Waals surface area contributed by atoms with Crippen LogP contribution in [0.5, 0.6) is 5.75 Å². The number of aromatic carboxylic acids is 1. The quantitative estimate of drug-likeness (QED) is 0.581. The molecule has 0 radical (unpaired) electrons. The number of carbonyl (C=O) groups is 1. The Morgan fingerprint density at radius 3 is 2.87 bits per heavy atom. The largest absolute Gasteiger partial charge is 0.495 e. The molecule has 2 aromatic heterocycles. The van der Waals surface area contributed by atoms with E-state index in [9.17, 15) is 14.3 Å². The molecule has 5 nitrogen and oxygen atoms in total. The first-order valence-corrected chi connectivity index (χ1v) is 8.31. The van der Waals surface area contributed by atoms with E-state index in [1.807, 2.05) is 22.6 Å². The molecule has 3 rings (SSSR count). The number of hydrogen-bond donors (Lipinski definition) is 2. The number of thiophene rings is 1. The van der Waals surface area contributed by atoms with Crippen LogP contribution in [0.2, 0.25) is 0 Å². The van der Waals surface area contributed by atoms with Crippen LogP contribution >= 0.6 is 33.9 Å². The first kappa shape index (κ1) is 15.9. The summed E-state index contributed by atoms with van der Waals surface area (Å²) in [4.78, 5) is 16.4. The third-order valence-corrected chi connectivity index (χ3v) is 4.85. The summed E-state index contributed by atoms with van der Waals surface area (Å²) in [7, 11) is 1.48. The highest BCUT2D eigenvalue weighted by Gasteiger charge is 2.20. The summed E-state index contributed by atoms with van der Waals surface area (Å²) in [5.74, 6) is -1.10. The van der Waals surface area contributed by atoms with E-state index in [1.54, 1.807) is 18.2 Å². The molecule has 0 fully saturated rings. The van der Waals surface area contributed by atoms with Gasteiger partial charge < -0.3 is 15.2 Å². The van der Waals surface area contributed by atoms with Gasteiger partial charge in [-0.3, -0.25) is 0 Å². The van der Waals surface area contributed by atoms with Gasteiger partial charge in [-0.1, -0.05) is 11.3 Å². The lowest BCUT2D eigenvalue weighted by Gasteiger charge is -2.07. The van der Waals surface area contributed by atoms with Crippen LogP contribution in [0.4, 0.5) is 15.1 Å². The van der Waals surface area contributed by atoms with Crippen molar-refractivity contribution in [1.29, 1.82) is 0 Å². The van der Waals surface area contributed by atoms with Gasteiger partial charge in [-0.25, -0.2) is 14.2 Å². The van der Waals surface area contributed by atoms with E-state index in [0.717, 1.165) is 14.9 Å². The number of fused-ring (bicyclic) bond motifs is 1. The van der Waals surface area contributed by atoms with E-state index < -0.39 is 11.8 Å². The molecule has 0 aliphatic carbocycles. The van der Waals surface area contributed by atoms with Crippen LogP contribution in [0.15, 0.2) is 30.5 Å². The monoisotopic (exact) mass is 444 g/mol. The standard InChI is InChI=1S/C15H10FIN2O3S/c1-22-8-5-9-12(15(20)21)14(23-13(9)18-6-8)19-11-3-2-7(17)4-10(11)16/h2-6,19H,1H3,(H,20,21). The van der Waals surface area contributed by atoms with Gasteiger partial charge in [0.2, 0.25) is 0 Å². The summed E-state index contributed by atoms with van der Waals surface area (Å²) >= 11 is 3.16. The van der Waals surface area contributed by atoms with Crippen molar-refractivity contribution in [3.05, 3.63) is 45.4 Å². The van der Waals surface area contributed by atoms with Gasteiger partial charge in [-0.15, -0.1) is 0 Å². The summed E-state index contributed by atoms with van der Waals surface area (Å²) < 4.78 is 19.8. The van der Waals surface area contributed by atoms with E-state index >= 15 is 0 Å². The van der Waals surface area contributed by atoms with Crippen LogP contribution in [0.3, 0.4) is 0 Å². The minimum Gasteiger partial charge on any atom is -0.495 e. The van der Waals surface area contributed by atoms with Crippen molar-refractivity contribution in [2.75, 3.05) is 12.4 Å². The zero-order valence-corrected chi connectivity index (χ0v) is 14.7. The molecule has 23 heavy (non-hydrogen) atoms. The minimum atomic E-state index is -1.11. The average molecular weight is 444 g/mol. The molecule has 0 saturated carbocycles. The van der Waals surface area contributed by atoms with Gasteiger partial charge in [-0.05, 0) is 46.9 Å². The highest BCUT2D eigenvalue weighted by molar-refractivity contribution is 14.1. The maximum Gasteiger partial charge on any atom is 0.339 e. The lowest BCUT2D eigenvalue weighted by Crippen LogP contribution is -2.01. The number of nitrogens with zero attached hydrogens (tertiary/aromatic N) is 1. The highest BCUT2D eigenvalue weighted by atomic mass is 127. The molecular weight excluding hydrogens is 434 g/mol. The van der Waals surface area contributed by atoms with Gasteiger partial charge >= 0.3 is 5.97 Å². The van der Waals surface area contributed by atoms with Gasteiger partial charge in [0.05, 0.1) is 19.0 Å². The Hall–Kier alpha value is -1.94. The van der Waals surface area contributed by atoms with Gasteiger partial charge in [-0.2, -0.15) is 0 Å². The SMILES string of the molecule is COc1cnc2sc(Nc3ccc(I)cc3F)c(C(=O)O)c2c1. The molecule has 2 heterocycles. The third-order valence-electron chi connectivity index (χ3n) is 3.15. The Labute approximate surface area is 148 Å². The third kappa shape index (κ3) is 3.08. The first-order valence-electron chi connectivity index (χ1n) is 6.41. The second-order valence-corrected chi connectivity index (χ2v) is 6.83. The summed E-state index contributed by atoms with van der Waals surface area (Å²) in [6.45, 7) is 0. The average Bonchev–Trinajstić information content (AvgIpc) is 2.87. The maximum atomic E-state index is 14.0. The number of rotatable bonds is 4. The Bertz CT molecular complexity index is 913. The maximum absolute atomic E-state index is 14.0. The first-order chi connectivity index (χ1) is 11.0. The molecule has 118 valence electrons. The highest BCUT2D eigenvalue weighted by Crippen LogP contribution is 2.38. The Balaban J connectivity index is 2.13. The molecular formula is C15H10FIN2O3S. The van der Waals surface area contributed by atoms with Crippen molar-refractivity contribution >= 4 is 60.8 Å². The van der Waals surface area contributed by atoms with Crippen LogP contribution < -0.4 is 10.1 Å². The predicted octanol–water partition coefficient (Wildman–Crippen LogP) is 4.49. The summed E-state index contributed by atoms with van der Waals surface area (Å²) in [5.41, 5.74) is 0.265. The minimum absolute atomic E-state index is 0.0503. The van der Waals surface area contributed by atoms with Gasteiger partial charge in [0.15, 0.2) is 0 Å². The molecule has 0 aliphatic rings. The van der Waals surface area contributed by atoms with Crippen LogP contribution in [0.1, 0.15) is 10.4 Å². The number of anilines is 2. The molecule has 3 aromatic rings. The van der Waals surface area contributed by atoms with E-state index in [4.69, 9.17) is 4.74 Å². The fraction of sp³-hybridized carbons (Fsp3) is 0.0667. The summed E-state index contributed by atoms with van der Waals surface area (Å²) in [6.07, 6.45) is 1.51. The Morgan fingerprint density at radius 2 is 2.22 bits per heavy atom. The number of carboxylic acid groups (broad SMARTS) is 1. The summed E-state index contributed by atoms with van der Waals surface area (Å²) in [6, 6.07) is 6.29. The molecule has 8 heteroatoms. The molecule has 0 bridgehead atoms. The molecule has 0 spiro atoms. The number of pyridine rings is 1. The van der Waals surface area contributed by atoms with Crippen molar-refractivity contribution in [3.8, 4) is 5.75 Å². The number of carboxylic acids is 1. The number of nitrogens with one attached hydrogen (secondary N) is 1. The Morgan fingerprint density at radius 1 is 1.43 bits per heavy atom. The van der Waals surface area contributed by atoms with Crippen LogP contribution in [-0.2, 0) is 0 Å². The van der Waals surface area contributed by atoms with Crippen LogP contribution in [0, 0.1) is 9.39 Å². The zero-order chi connectivity index (χ0) is 16.6. The Kier molecular flexibility index (Phi) is 4.35. The van der Waals surface area contributed by atoms with Gasteiger partial charge in [0.1, 0.15) is 27.0 Å². The molecule has 0 amide bonds. The van der Waals surface area contributed by atoms with Gasteiger partial charge in [0, 0.05) is 8.96 Å². The fourth-order valence-corrected chi connectivity index (χ4v) is 3.57. The van der Waals surface area contributed by atoms with Crippen molar-refractivity contribution in [3.63, 3.8) is 0 Å². The van der Waals surface area contributed by atoms with E-state index in [2.05, 4.69) is 10.3 Å². The molecule has 0 saturated heterocycles. The smallest absolute Gasteiger partial charge is 0.339 e. The number of aromatic nitrogens is 1. The number of methoxy groups -OCH3 is 1. The second kappa shape index (κ2) is 6.28. The molecule has 2 N–H and O–H groups in total.